The van der Waals surface area contributed by atoms with Gasteiger partial charge in [0.25, 0.3) is 0 Å². The van der Waals surface area contributed by atoms with Crippen molar-refractivity contribution in [2.24, 2.45) is 5.92 Å². The van der Waals surface area contributed by atoms with E-state index >= 15 is 0 Å². The maximum absolute atomic E-state index is 4.71. The largest absolute Gasteiger partial charge is 0.370 e. The number of anilines is 2. The van der Waals surface area contributed by atoms with Crippen LogP contribution in [-0.2, 0) is 0 Å². The molecule has 1 fully saturated rings. The van der Waals surface area contributed by atoms with Crippen LogP contribution >= 0.6 is 0 Å². The van der Waals surface area contributed by atoms with Crippen molar-refractivity contribution >= 4 is 11.6 Å². The molecule has 0 spiro atoms. The standard InChI is InChI=1S/C16H28N4/c1-5-9-17-15-13(3)16(19-14(4)18-15)20-10-6-7-12(2)8-11-20/h12H,5-11H2,1-4H3,(H,17,18,19). The lowest BCUT2D eigenvalue weighted by Gasteiger charge is -2.25. The van der Waals surface area contributed by atoms with E-state index in [0.29, 0.717) is 0 Å². The second-order valence-electron chi connectivity index (χ2n) is 6.02. The van der Waals surface area contributed by atoms with Crippen LogP contribution in [-0.4, -0.2) is 29.6 Å². The SMILES string of the molecule is CCCNc1nc(C)nc(N2CCCC(C)CC2)c1C. The third-order valence-corrected chi connectivity index (χ3v) is 4.09. The zero-order valence-corrected chi connectivity index (χ0v) is 13.4. The maximum atomic E-state index is 4.71. The number of aromatic nitrogens is 2. The molecule has 1 N–H and O–H groups in total. The zero-order valence-electron chi connectivity index (χ0n) is 13.4. The Morgan fingerprint density at radius 2 is 2.00 bits per heavy atom. The Labute approximate surface area is 123 Å². The molecule has 1 atom stereocenters. The van der Waals surface area contributed by atoms with E-state index in [4.69, 9.17) is 4.98 Å². The molecule has 1 aliphatic heterocycles. The van der Waals surface area contributed by atoms with Gasteiger partial charge in [-0.3, -0.25) is 0 Å². The number of hydrogen-bond acceptors (Lipinski definition) is 4. The van der Waals surface area contributed by atoms with Gasteiger partial charge < -0.3 is 10.2 Å². The van der Waals surface area contributed by atoms with Gasteiger partial charge in [0.2, 0.25) is 0 Å². The second-order valence-corrected chi connectivity index (χ2v) is 6.02. The Hall–Kier alpha value is -1.32. The van der Waals surface area contributed by atoms with E-state index in [9.17, 15) is 0 Å². The van der Waals surface area contributed by atoms with Gasteiger partial charge in [-0.05, 0) is 45.4 Å². The molecule has 2 heterocycles. The first-order chi connectivity index (χ1) is 9.61. The molecule has 0 aliphatic carbocycles. The van der Waals surface area contributed by atoms with Crippen LogP contribution in [0.15, 0.2) is 0 Å². The molecule has 112 valence electrons. The molecule has 0 radical (unpaired) electrons. The maximum Gasteiger partial charge on any atom is 0.137 e. The minimum atomic E-state index is 0.834. The van der Waals surface area contributed by atoms with Gasteiger partial charge in [0.15, 0.2) is 0 Å². The summed E-state index contributed by atoms with van der Waals surface area (Å²) in [5.74, 6) is 3.83. The number of nitrogens with zero attached hydrogens (tertiary/aromatic N) is 3. The monoisotopic (exact) mass is 276 g/mol. The molecule has 1 saturated heterocycles. The Kier molecular flexibility index (Phi) is 5.21. The first-order valence-corrected chi connectivity index (χ1v) is 7.95. The van der Waals surface area contributed by atoms with Crippen molar-refractivity contribution in [3.8, 4) is 0 Å². The first kappa shape index (κ1) is 15.1. The van der Waals surface area contributed by atoms with E-state index in [1.807, 2.05) is 6.92 Å². The molecular formula is C16H28N4. The lowest BCUT2D eigenvalue weighted by atomic mass is 10.0. The molecular weight excluding hydrogens is 248 g/mol. The van der Waals surface area contributed by atoms with Crippen LogP contribution in [0.2, 0.25) is 0 Å². The number of hydrogen-bond donors (Lipinski definition) is 1. The minimum absolute atomic E-state index is 0.834. The highest BCUT2D eigenvalue weighted by molar-refractivity contribution is 5.58. The topological polar surface area (TPSA) is 41.1 Å². The molecule has 1 unspecified atom stereocenters. The minimum Gasteiger partial charge on any atom is -0.370 e. The number of aryl methyl sites for hydroxylation is 1. The van der Waals surface area contributed by atoms with Gasteiger partial charge in [0.05, 0.1) is 0 Å². The molecule has 0 aromatic carbocycles. The van der Waals surface area contributed by atoms with E-state index in [2.05, 4.69) is 36.0 Å². The number of nitrogens with one attached hydrogen (secondary N) is 1. The van der Waals surface area contributed by atoms with Crippen LogP contribution in [0.1, 0.15) is 50.9 Å². The Balaban J connectivity index is 2.23. The van der Waals surface area contributed by atoms with Gasteiger partial charge in [0, 0.05) is 25.2 Å². The summed E-state index contributed by atoms with van der Waals surface area (Å²) in [7, 11) is 0. The molecule has 4 heteroatoms. The first-order valence-electron chi connectivity index (χ1n) is 7.95. The van der Waals surface area contributed by atoms with E-state index in [0.717, 1.165) is 49.4 Å². The van der Waals surface area contributed by atoms with E-state index in [1.54, 1.807) is 0 Å². The normalized spacial score (nSPS) is 19.8. The summed E-state index contributed by atoms with van der Waals surface area (Å²) in [4.78, 5) is 11.7. The predicted octanol–water partition coefficient (Wildman–Crippen LogP) is 3.54. The van der Waals surface area contributed by atoms with Gasteiger partial charge in [0.1, 0.15) is 17.5 Å². The highest BCUT2D eigenvalue weighted by atomic mass is 15.2. The summed E-state index contributed by atoms with van der Waals surface area (Å²) < 4.78 is 0. The van der Waals surface area contributed by atoms with Gasteiger partial charge in [-0.2, -0.15) is 0 Å². The van der Waals surface area contributed by atoms with Crippen LogP contribution in [0, 0.1) is 19.8 Å². The third-order valence-electron chi connectivity index (χ3n) is 4.09. The molecule has 20 heavy (non-hydrogen) atoms. The fraction of sp³-hybridized carbons (Fsp3) is 0.750. The Morgan fingerprint density at radius 3 is 2.75 bits per heavy atom. The zero-order chi connectivity index (χ0) is 14.5. The van der Waals surface area contributed by atoms with Crippen LogP contribution < -0.4 is 10.2 Å². The summed E-state index contributed by atoms with van der Waals surface area (Å²) in [6.45, 7) is 11.9. The van der Waals surface area contributed by atoms with Crippen LogP contribution in [0.4, 0.5) is 11.6 Å². The molecule has 1 aliphatic rings. The van der Waals surface area contributed by atoms with Gasteiger partial charge in [-0.15, -0.1) is 0 Å². The summed E-state index contributed by atoms with van der Waals surface area (Å²) in [5, 5.41) is 3.43. The van der Waals surface area contributed by atoms with E-state index in [-0.39, 0.29) is 0 Å². The Bertz CT molecular complexity index is 444. The molecule has 2 rings (SSSR count). The van der Waals surface area contributed by atoms with Gasteiger partial charge in [-0.1, -0.05) is 13.8 Å². The fourth-order valence-electron chi connectivity index (χ4n) is 2.81. The van der Waals surface area contributed by atoms with Crippen LogP contribution in [0.5, 0.6) is 0 Å². The average molecular weight is 276 g/mol. The van der Waals surface area contributed by atoms with Crippen molar-refractivity contribution in [2.75, 3.05) is 29.9 Å². The second kappa shape index (κ2) is 6.91. The number of rotatable bonds is 4. The van der Waals surface area contributed by atoms with E-state index < -0.39 is 0 Å². The van der Waals surface area contributed by atoms with Gasteiger partial charge >= 0.3 is 0 Å². The molecule has 0 amide bonds. The molecule has 1 aromatic heterocycles. The van der Waals surface area contributed by atoms with Gasteiger partial charge in [-0.25, -0.2) is 9.97 Å². The van der Waals surface area contributed by atoms with Crippen LogP contribution in [0.3, 0.4) is 0 Å². The molecule has 0 saturated carbocycles. The van der Waals surface area contributed by atoms with Crippen molar-refractivity contribution in [1.29, 1.82) is 0 Å². The summed E-state index contributed by atoms with van der Waals surface area (Å²) in [6, 6.07) is 0. The van der Waals surface area contributed by atoms with E-state index in [1.165, 1.54) is 24.8 Å². The Morgan fingerprint density at radius 1 is 1.20 bits per heavy atom. The predicted molar refractivity (Wildman–Crippen MR) is 85.5 cm³/mol. The fourth-order valence-corrected chi connectivity index (χ4v) is 2.81. The van der Waals surface area contributed by atoms with Crippen molar-refractivity contribution in [2.45, 2.75) is 53.4 Å². The third kappa shape index (κ3) is 3.62. The summed E-state index contributed by atoms with van der Waals surface area (Å²) in [5.41, 5.74) is 1.19. The average Bonchev–Trinajstić information content (AvgIpc) is 2.64. The summed E-state index contributed by atoms with van der Waals surface area (Å²) >= 11 is 0. The molecule has 4 nitrogen and oxygen atoms in total. The summed E-state index contributed by atoms with van der Waals surface area (Å²) in [6.07, 6.45) is 4.97. The van der Waals surface area contributed by atoms with Crippen molar-refractivity contribution < 1.29 is 0 Å². The highest BCUT2D eigenvalue weighted by Gasteiger charge is 2.19. The lowest BCUT2D eigenvalue weighted by molar-refractivity contribution is 0.521. The van der Waals surface area contributed by atoms with Crippen molar-refractivity contribution in [1.82, 2.24) is 9.97 Å². The quantitative estimate of drug-likeness (QED) is 0.913. The lowest BCUT2D eigenvalue weighted by Crippen LogP contribution is -2.27. The van der Waals surface area contributed by atoms with Crippen molar-refractivity contribution in [3.05, 3.63) is 11.4 Å². The smallest absolute Gasteiger partial charge is 0.137 e. The molecule has 0 bridgehead atoms. The van der Waals surface area contributed by atoms with Crippen molar-refractivity contribution in [3.63, 3.8) is 0 Å². The van der Waals surface area contributed by atoms with Crippen LogP contribution in [0.25, 0.3) is 0 Å². The highest BCUT2D eigenvalue weighted by Crippen LogP contribution is 2.27. The molecule has 1 aromatic rings.